The first-order valence-electron chi connectivity index (χ1n) is 3.38. The summed E-state index contributed by atoms with van der Waals surface area (Å²) in [5.74, 6) is -0.692. The zero-order valence-corrected chi connectivity index (χ0v) is 6.97. The summed E-state index contributed by atoms with van der Waals surface area (Å²) in [4.78, 5) is 18.8. The third-order valence-electron chi connectivity index (χ3n) is 0.955. The molecule has 0 bridgehead atoms. The van der Waals surface area contributed by atoms with Crippen LogP contribution in [-0.4, -0.2) is 16.2 Å². The van der Waals surface area contributed by atoms with E-state index in [0.29, 0.717) is 5.69 Å². The number of phenolic OH excluding ortho intramolecular Hbond substituents is 1. The summed E-state index contributed by atoms with van der Waals surface area (Å²) in [6.45, 7) is 1.08. The topological polar surface area (TPSA) is 87.0 Å². The van der Waals surface area contributed by atoms with Gasteiger partial charge in [0.1, 0.15) is 11.4 Å². The number of nitroso groups, excluding NO2 is 1. The number of aliphatic carboxylic acids is 1. The first-order chi connectivity index (χ1) is 6.06. The van der Waals surface area contributed by atoms with Crippen LogP contribution in [0, 0.1) is 4.91 Å². The Labute approximate surface area is 74.6 Å². The SMILES string of the molecule is CC(=O)O.O=Nc1ccc(O)cc1. The van der Waals surface area contributed by atoms with E-state index in [2.05, 4.69) is 5.18 Å². The van der Waals surface area contributed by atoms with Gasteiger partial charge in [-0.05, 0) is 29.4 Å². The monoisotopic (exact) mass is 183 g/mol. The average Bonchev–Trinajstić information content (AvgIpc) is 2.05. The van der Waals surface area contributed by atoms with Gasteiger partial charge < -0.3 is 10.2 Å². The van der Waals surface area contributed by atoms with E-state index in [-0.39, 0.29) is 5.75 Å². The molecule has 0 radical (unpaired) electrons. The Morgan fingerprint density at radius 1 is 1.31 bits per heavy atom. The number of aromatic hydroxyl groups is 1. The Kier molecular flexibility index (Phi) is 4.87. The molecule has 0 spiro atoms. The van der Waals surface area contributed by atoms with Gasteiger partial charge in [0.25, 0.3) is 5.97 Å². The highest BCUT2D eigenvalue weighted by molar-refractivity contribution is 5.62. The number of phenols is 1. The lowest BCUT2D eigenvalue weighted by molar-refractivity contribution is -0.134. The fourth-order valence-corrected chi connectivity index (χ4v) is 0.513. The minimum absolute atomic E-state index is 0.141. The molecule has 0 aliphatic rings. The number of carboxylic acids is 1. The van der Waals surface area contributed by atoms with Crippen LogP contribution < -0.4 is 0 Å². The molecule has 0 aliphatic heterocycles. The summed E-state index contributed by atoms with van der Waals surface area (Å²) in [5, 5.41) is 18.8. The van der Waals surface area contributed by atoms with Crippen LogP contribution in [0.15, 0.2) is 29.4 Å². The van der Waals surface area contributed by atoms with Gasteiger partial charge in [0.15, 0.2) is 0 Å². The fourth-order valence-electron chi connectivity index (χ4n) is 0.513. The molecule has 0 atom stereocenters. The molecule has 2 N–H and O–H groups in total. The predicted octanol–water partition coefficient (Wildman–Crippen LogP) is 1.88. The van der Waals surface area contributed by atoms with Crippen LogP contribution >= 0.6 is 0 Å². The highest BCUT2D eigenvalue weighted by Crippen LogP contribution is 2.15. The predicted molar refractivity (Wildman–Crippen MR) is 46.9 cm³/mol. The average molecular weight is 183 g/mol. The molecule has 0 fully saturated rings. The van der Waals surface area contributed by atoms with E-state index in [1.807, 2.05) is 0 Å². The molecule has 0 unspecified atom stereocenters. The first-order valence-corrected chi connectivity index (χ1v) is 3.38. The summed E-state index contributed by atoms with van der Waals surface area (Å²) in [6.07, 6.45) is 0. The van der Waals surface area contributed by atoms with Gasteiger partial charge in [0, 0.05) is 6.92 Å². The molecule has 5 heteroatoms. The maximum absolute atomic E-state index is 9.79. The maximum atomic E-state index is 9.79. The van der Waals surface area contributed by atoms with Gasteiger partial charge in [-0.2, -0.15) is 0 Å². The minimum atomic E-state index is -0.833. The summed E-state index contributed by atoms with van der Waals surface area (Å²) in [5.41, 5.74) is 0.327. The zero-order chi connectivity index (χ0) is 10.3. The van der Waals surface area contributed by atoms with E-state index in [9.17, 15) is 4.91 Å². The van der Waals surface area contributed by atoms with Crippen molar-refractivity contribution in [3.63, 3.8) is 0 Å². The molecular weight excluding hydrogens is 174 g/mol. The Bertz CT molecular complexity index is 277. The van der Waals surface area contributed by atoms with Crippen LogP contribution in [0.3, 0.4) is 0 Å². The summed E-state index contributed by atoms with van der Waals surface area (Å²) < 4.78 is 0. The highest BCUT2D eigenvalue weighted by atomic mass is 16.4. The molecule has 0 saturated carbocycles. The van der Waals surface area contributed by atoms with Crippen LogP contribution in [-0.2, 0) is 4.79 Å². The standard InChI is InChI=1S/C6H5NO2.C2H4O2/c8-6-3-1-5(7-9)2-4-6;1-2(3)4/h1-4,8H;1H3,(H,3,4). The molecule has 1 aromatic carbocycles. The molecular formula is C8H9NO4. The molecule has 1 aromatic rings. The van der Waals surface area contributed by atoms with Crippen molar-refractivity contribution >= 4 is 11.7 Å². The number of benzene rings is 1. The van der Waals surface area contributed by atoms with Crippen molar-refractivity contribution in [1.82, 2.24) is 0 Å². The molecule has 1 rings (SSSR count). The van der Waals surface area contributed by atoms with Crippen LogP contribution in [0.5, 0.6) is 5.75 Å². The van der Waals surface area contributed by atoms with Crippen molar-refractivity contribution in [2.75, 3.05) is 0 Å². The van der Waals surface area contributed by atoms with E-state index in [4.69, 9.17) is 15.0 Å². The zero-order valence-electron chi connectivity index (χ0n) is 6.97. The van der Waals surface area contributed by atoms with Crippen LogP contribution in [0.25, 0.3) is 0 Å². The lowest BCUT2D eigenvalue weighted by Gasteiger charge is -1.87. The van der Waals surface area contributed by atoms with Crippen molar-refractivity contribution < 1.29 is 15.0 Å². The van der Waals surface area contributed by atoms with E-state index in [0.717, 1.165) is 6.92 Å². The van der Waals surface area contributed by atoms with Gasteiger partial charge in [-0.3, -0.25) is 4.79 Å². The maximum Gasteiger partial charge on any atom is 0.300 e. The number of carboxylic acid groups (broad SMARTS) is 1. The number of hydrogen-bond donors (Lipinski definition) is 2. The molecule has 0 amide bonds. The second-order valence-corrected chi connectivity index (χ2v) is 2.13. The Morgan fingerprint density at radius 2 is 1.69 bits per heavy atom. The van der Waals surface area contributed by atoms with Crippen molar-refractivity contribution in [1.29, 1.82) is 0 Å². The van der Waals surface area contributed by atoms with Crippen molar-refractivity contribution in [3.05, 3.63) is 29.2 Å². The Balaban J connectivity index is 0.000000310. The first kappa shape index (κ1) is 11.1. The largest absolute Gasteiger partial charge is 0.508 e. The van der Waals surface area contributed by atoms with Gasteiger partial charge in [0.2, 0.25) is 0 Å². The minimum Gasteiger partial charge on any atom is -0.508 e. The molecule has 5 nitrogen and oxygen atoms in total. The molecule has 0 saturated heterocycles. The summed E-state index contributed by atoms with van der Waals surface area (Å²) >= 11 is 0. The second kappa shape index (κ2) is 5.70. The van der Waals surface area contributed by atoms with Crippen molar-refractivity contribution in [2.45, 2.75) is 6.92 Å². The third kappa shape index (κ3) is 6.49. The van der Waals surface area contributed by atoms with Gasteiger partial charge in [0.05, 0.1) is 0 Å². The molecule has 13 heavy (non-hydrogen) atoms. The van der Waals surface area contributed by atoms with Crippen LogP contribution in [0.1, 0.15) is 6.92 Å². The van der Waals surface area contributed by atoms with Gasteiger partial charge in [-0.1, -0.05) is 0 Å². The molecule has 0 aliphatic carbocycles. The molecule has 70 valence electrons. The number of rotatable bonds is 1. The fraction of sp³-hybridized carbons (Fsp3) is 0.125. The van der Waals surface area contributed by atoms with Crippen molar-refractivity contribution in [3.8, 4) is 5.75 Å². The van der Waals surface area contributed by atoms with Gasteiger partial charge >= 0.3 is 0 Å². The smallest absolute Gasteiger partial charge is 0.300 e. The summed E-state index contributed by atoms with van der Waals surface area (Å²) in [6, 6.07) is 5.72. The quantitative estimate of drug-likeness (QED) is 0.650. The van der Waals surface area contributed by atoms with Crippen LogP contribution in [0.2, 0.25) is 0 Å². The summed E-state index contributed by atoms with van der Waals surface area (Å²) in [7, 11) is 0. The Morgan fingerprint density at radius 3 is 2.00 bits per heavy atom. The van der Waals surface area contributed by atoms with Gasteiger partial charge in [-0.25, -0.2) is 0 Å². The number of hydrogen-bond acceptors (Lipinski definition) is 4. The number of nitrogens with zero attached hydrogens (tertiary/aromatic N) is 1. The third-order valence-corrected chi connectivity index (χ3v) is 0.955. The van der Waals surface area contributed by atoms with E-state index in [1.54, 1.807) is 0 Å². The molecule has 0 heterocycles. The van der Waals surface area contributed by atoms with E-state index >= 15 is 0 Å². The van der Waals surface area contributed by atoms with Crippen LogP contribution in [0.4, 0.5) is 5.69 Å². The lowest BCUT2D eigenvalue weighted by atomic mass is 10.3. The molecule has 0 aromatic heterocycles. The normalized spacial score (nSPS) is 8.08. The Hall–Kier alpha value is -1.91. The lowest BCUT2D eigenvalue weighted by Crippen LogP contribution is -1.78. The second-order valence-electron chi connectivity index (χ2n) is 2.13. The van der Waals surface area contributed by atoms with Crippen molar-refractivity contribution in [2.24, 2.45) is 5.18 Å². The van der Waals surface area contributed by atoms with E-state index in [1.165, 1.54) is 24.3 Å². The highest BCUT2D eigenvalue weighted by Gasteiger charge is 1.88. The van der Waals surface area contributed by atoms with E-state index < -0.39 is 5.97 Å². The van der Waals surface area contributed by atoms with Gasteiger partial charge in [-0.15, -0.1) is 4.91 Å². The number of carbonyl (C=O) groups is 1.